The maximum atomic E-state index is 5.63. The van der Waals surface area contributed by atoms with Crippen LogP contribution in [0.5, 0.6) is 5.75 Å². The number of nitrogens with one attached hydrogen (secondary N) is 1. The quantitative estimate of drug-likeness (QED) is 0.789. The topological polar surface area (TPSA) is 21.3 Å². The molecule has 2 aromatic rings. The van der Waals surface area contributed by atoms with E-state index in [0.717, 1.165) is 30.8 Å². The second-order valence-electron chi connectivity index (χ2n) is 5.47. The Balaban J connectivity index is 2.34. The molecule has 0 radical (unpaired) electrons. The van der Waals surface area contributed by atoms with Crippen LogP contribution in [0.1, 0.15) is 30.0 Å². The summed E-state index contributed by atoms with van der Waals surface area (Å²) in [5.41, 5.74) is 6.16. The molecule has 0 spiro atoms. The molecule has 0 amide bonds. The smallest absolute Gasteiger partial charge is 0.129 e. The molecule has 112 valence electrons. The van der Waals surface area contributed by atoms with Crippen molar-refractivity contribution in [2.45, 2.75) is 33.7 Å². The fourth-order valence-corrected chi connectivity index (χ4v) is 2.54. The van der Waals surface area contributed by atoms with Gasteiger partial charge in [-0.2, -0.15) is 0 Å². The van der Waals surface area contributed by atoms with Crippen molar-refractivity contribution in [2.75, 3.05) is 13.7 Å². The lowest BCUT2D eigenvalue weighted by atomic mass is 9.97. The van der Waals surface area contributed by atoms with Crippen LogP contribution < -0.4 is 10.1 Å². The van der Waals surface area contributed by atoms with Crippen LogP contribution in [0.25, 0.3) is 11.1 Å². The fraction of sp³-hybridized carbons (Fsp3) is 0.368. The van der Waals surface area contributed by atoms with Gasteiger partial charge in [-0.25, -0.2) is 0 Å². The van der Waals surface area contributed by atoms with Gasteiger partial charge in [-0.3, -0.25) is 0 Å². The maximum absolute atomic E-state index is 5.63. The van der Waals surface area contributed by atoms with Crippen molar-refractivity contribution in [1.29, 1.82) is 0 Å². The van der Waals surface area contributed by atoms with Gasteiger partial charge in [0, 0.05) is 12.1 Å². The van der Waals surface area contributed by atoms with Crippen molar-refractivity contribution in [2.24, 2.45) is 0 Å². The van der Waals surface area contributed by atoms with E-state index >= 15 is 0 Å². The summed E-state index contributed by atoms with van der Waals surface area (Å²) in [7, 11) is 1.75. The molecule has 0 atom stereocenters. The van der Waals surface area contributed by atoms with Crippen LogP contribution in [0.3, 0.4) is 0 Å². The molecule has 0 bridgehead atoms. The van der Waals surface area contributed by atoms with Crippen molar-refractivity contribution in [3.8, 4) is 16.9 Å². The van der Waals surface area contributed by atoms with E-state index in [4.69, 9.17) is 4.74 Å². The van der Waals surface area contributed by atoms with Gasteiger partial charge in [0.25, 0.3) is 0 Å². The molecule has 0 heterocycles. The van der Waals surface area contributed by atoms with E-state index in [1.807, 2.05) is 0 Å². The number of hydrogen-bond donors (Lipinski definition) is 1. The SMILES string of the molecule is CCCNCc1cccc(-c2ccc(C)c(C)c2OC)c1. The summed E-state index contributed by atoms with van der Waals surface area (Å²) in [6.45, 7) is 8.38. The molecular formula is C19H25NO. The predicted octanol–water partition coefficient (Wildman–Crippen LogP) is 4.48. The van der Waals surface area contributed by atoms with Crippen LogP contribution in [0.4, 0.5) is 0 Å². The molecule has 0 aromatic heterocycles. The van der Waals surface area contributed by atoms with Gasteiger partial charge >= 0.3 is 0 Å². The zero-order valence-corrected chi connectivity index (χ0v) is 13.5. The molecule has 0 saturated heterocycles. The summed E-state index contributed by atoms with van der Waals surface area (Å²) in [4.78, 5) is 0. The summed E-state index contributed by atoms with van der Waals surface area (Å²) < 4.78 is 5.63. The molecular weight excluding hydrogens is 258 g/mol. The lowest BCUT2D eigenvalue weighted by Gasteiger charge is -2.14. The van der Waals surface area contributed by atoms with E-state index in [2.05, 4.69) is 62.5 Å². The van der Waals surface area contributed by atoms with Gasteiger partial charge in [-0.1, -0.05) is 37.3 Å². The Hall–Kier alpha value is -1.80. The highest BCUT2D eigenvalue weighted by atomic mass is 16.5. The summed E-state index contributed by atoms with van der Waals surface area (Å²) in [5.74, 6) is 0.980. The first-order valence-corrected chi connectivity index (χ1v) is 7.61. The monoisotopic (exact) mass is 283 g/mol. The van der Waals surface area contributed by atoms with Gasteiger partial charge in [0.15, 0.2) is 0 Å². The number of methoxy groups -OCH3 is 1. The minimum atomic E-state index is 0.912. The van der Waals surface area contributed by atoms with Crippen LogP contribution in [0.15, 0.2) is 36.4 Å². The average Bonchev–Trinajstić information content (AvgIpc) is 2.50. The zero-order chi connectivity index (χ0) is 15.2. The molecule has 0 aliphatic rings. The van der Waals surface area contributed by atoms with Gasteiger partial charge < -0.3 is 10.1 Å². The third-order valence-electron chi connectivity index (χ3n) is 3.87. The number of rotatable bonds is 6. The first-order chi connectivity index (χ1) is 10.2. The highest BCUT2D eigenvalue weighted by Crippen LogP contribution is 2.34. The largest absolute Gasteiger partial charge is 0.496 e. The van der Waals surface area contributed by atoms with E-state index in [9.17, 15) is 0 Å². The minimum absolute atomic E-state index is 0.912. The Labute approximate surface area is 128 Å². The average molecular weight is 283 g/mol. The van der Waals surface area contributed by atoms with Crippen molar-refractivity contribution < 1.29 is 4.74 Å². The Morgan fingerprint density at radius 3 is 2.62 bits per heavy atom. The molecule has 1 N–H and O–H groups in total. The molecule has 2 aromatic carbocycles. The van der Waals surface area contributed by atoms with E-state index in [-0.39, 0.29) is 0 Å². The molecule has 0 aliphatic carbocycles. The molecule has 0 fully saturated rings. The van der Waals surface area contributed by atoms with E-state index in [1.165, 1.54) is 22.3 Å². The van der Waals surface area contributed by atoms with Gasteiger partial charge in [0.1, 0.15) is 5.75 Å². The molecule has 2 heteroatoms. The number of benzene rings is 2. The number of hydrogen-bond acceptors (Lipinski definition) is 2. The van der Waals surface area contributed by atoms with Crippen molar-refractivity contribution in [3.63, 3.8) is 0 Å². The highest BCUT2D eigenvalue weighted by Gasteiger charge is 2.10. The Morgan fingerprint density at radius 2 is 1.90 bits per heavy atom. The van der Waals surface area contributed by atoms with Gasteiger partial charge in [0.05, 0.1) is 7.11 Å². The van der Waals surface area contributed by atoms with Gasteiger partial charge in [-0.05, 0) is 55.1 Å². The first kappa shape index (κ1) is 15.6. The van der Waals surface area contributed by atoms with Crippen molar-refractivity contribution >= 4 is 0 Å². The Kier molecular flexibility index (Phi) is 5.40. The lowest BCUT2D eigenvalue weighted by molar-refractivity contribution is 0.413. The first-order valence-electron chi connectivity index (χ1n) is 7.61. The van der Waals surface area contributed by atoms with Gasteiger partial charge in [0.2, 0.25) is 0 Å². The van der Waals surface area contributed by atoms with Crippen LogP contribution in [0.2, 0.25) is 0 Å². The van der Waals surface area contributed by atoms with Crippen molar-refractivity contribution in [3.05, 3.63) is 53.1 Å². The molecule has 0 saturated carbocycles. The second kappa shape index (κ2) is 7.28. The Morgan fingerprint density at radius 1 is 1.10 bits per heavy atom. The third-order valence-corrected chi connectivity index (χ3v) is 3.87. The van der Waals surface area contributed by atoms with Crippen molar-refractivity contribution in [1.82, 2.24) is 5.32 Å². The van der Waals surface area contributed by atoms with E-state index < -0.39 is 0 Å². The van der Waals surface area contributed by atoms with Crippen LogP contribution in [-0.4, -0.2) is 13.7 Å². The molecule has 2 nitrogen and oxygen atoms in total. The summed E-state index contributed by atoms with van der Waals surface area (Å²) >= 11 is 0. The number of ether oxygens (including phenoxy) is 1. The van der Waals surface area contributed by atoms with Crippen LogP contribution >= 0.6 is 0 Å². The van der Waals surface area contributed by atoms with E-state index in [0.29, 0.717) is 0 Å². The van der Waals surface area contributed by atoms with Gasteiger partial charge in [-0.15, -0.1) is 0 Å². The standard InChI is InChI=1S/C19H25NO/c1-5-11-20-13-16-7-6-8-17(12-16)18-10-9-14(2)15(3)19(18)21-4/h6-10,12,20H,5,11,13H2,1-4H3. The van der Waals surface area contributed by atoms with Crippen LogP contribution in [0, 0.1) is 13.8 Å². The normalized spacial score (nSPS) is 10.7. The number of aryl methyl sites for hydroxylation is 1. The molecule has 2 rings (SSSR count). The summed E-state index contributed by atoms with van der Waals surface area (Å²) in [5, 5.41) is 3.45. The Bertz CT molecular complexity index is 605. The zero-order valence-electron chi connectivity index (χ0n) is 13.5. The summed E-state index contributed by atoms with van der Waals surface area (Å²) in [6, 6.07) is 13.0. The second-order valence-corrected chi connectivity index (χ2v) is 5.47. The maximum Gasteiger partial charge on any atom is 0.129 e. The molecule has 21 heavy (non-hydrogen) atoms. The predicted molar refractivity (Wildman–Crippen MR) is 89.9 cm³/mol. The third kappa shape index (κ3) is 3.64. The van der Waals surface area contributed by atoms with Crippen LogP contribution in [-0.2, 0) is 6.54 Å². The van der Waals surface area contributed by atoms with E-state index in [1.54, 1.807) is 7.11 Å². The molecule has 0 aliphatic heterocycles. The lowest BCUT2D eigenvalue weighted by Crippen LogP contribution is -2.13. The highest BCUT2D eigenvalue weighted by molar-refractivity contribution is 5.73. The summed E-state index contributed by atoms with van der Waals surface area (Å²) in [6.07, 6.45) is 1.16. The fourth-order valence-electron chi connectivity index (χ4n) is 2.54. The minimum Gasteiger partial charge on any atom is -0.496 e. The molecule has 0 unspecified atom stereocenters.